The molecule has 0 radical (unpaired) electrons. The molecule has 5 nitrogen and oxygen atoms in total. The van der Waals surface area contributed by atoms with Crippen LogP contribution in [0.25, 0.3) is 17.0 Å². The van der Waals surface area contributed by atoms with Gasteiger partial charge in [0.05, 0.1) is 6.61 Å². The van der Waals surface area contributed by atoms with Gasteiger partial charge >= 0.3 is 0 Å². The number of amides is 1. The van der Waals surface area contributed by atoms with Crippen molar-refractivity contribution in [2.24, 2.45) is 0 Å². The molecule has 134 valence electrons. The number of likely N-dealkylation sites (tertiary alicyclic amines) is 1. The first-order chi connectivity index (χ1) is 12.3. The number of carbonyl (C=O) groups excluding carboxylic acids is 1. The van der Waals surface area contributed by atoms with E-state index < -0.39 is 0 Å². The molecule has 1 fully saturated rings. The zero-order valence-corrected chi connectivity index (χ0v) is 14.5. The standard InChI is InChI=1S/C20H26N2O3/c23-15-17-7-5-13-22(17)12-4-3-11-21-20(24)10-9-18-14-16-6-1-2-8-19(16)25-18/h1-2,6,8-10,14,17,23H,3-5,7,11-13,15H2,(H,21,24)/b10-9+. The van der Waals surface area contributed by atoms with Gasteiger partial charge < -0.3 is 14.8 Å². The lowest BCUT2D eigenvalue weighted by molar-refractivity contribution is -0.116. The zero-order chi connectivity index (χ0) is 17.5. The van der Waals surface area contributed by atoms with E-state index in [0.717, 1.165) is 43.3 Å². The SMILES string of the molecule is O=C(/C=C/c1cc2ccccc2o1)NCCCCN1CCCC1CO. The van der Waals surface area contributed by atoms with Crippen molar-refractivity contribution in [3.63, 3.8) is 0 Å². The molecule has 0 aliphatic carbocycles. The van der Waals surface area contributed by atoms with Crippen LogP contribution < -0.4 is 5.32 Å². The molecule has 5 heteroatoms. The highest BCUT2D eigenvalue weighted by Gasteiger charge is 2.22. The summed E-state index contributed by atoms with van der Waals surface area (Å²) in [5.41, 5.74) is 0.825. The number of hydrogen-bond donors (Lipinski definition) is 2. The highest BCUT2D eigenvalue weighted by atomic mass is 16.3. The molecule has 0 bridgehead atoms. The minimum Gasteiger partial charge on any atom is -0.457 e. The minimum atomic E-state index is -0.102. The lowest BCUT2D eigenvalue weighted by Crippen LogP contribution is -2.33. The van der Waals surface area contributed by atoms with E-state index in [1.54, 1.807) is 6.08 Å². The Labute approximate surface area is 148 Å². The van der Waals surface area contributed by atoms with E-state index in [1.807, 2.05) is 30.3 Å². The Morgan fingerprint density at radius 2 is 2.24 bits per heavy atom. The molecule has 1 unspecified atom stereocenters. The third kappa shape index (κ3) is 4.94. The fraction of sp³-hybridized carbons (Fsp3) is 0.450. The highest BCUT2D eigenvalue weighted by molar-refractivity contribution is 5.92. The fourth-order valence-corrected chi connectivity index (χ4v) is 3.35. The topological polar surface area (TPSA) is 65.7 Å². The molecule has 1 aromatic heterocycles. The van der Waals surface area contributed by atoms with Gasteiger partial charge in [-0.3, -0.25) is 9.69 Å². The van der Waals surface area contributed by atoms with Crippen LogP contribution in [0.15, 0.2) is 40.8 Å². The molecule has 2 heterocycles. The van der Waals surface area contributed by atoms with Crippen LogP contribution in [0.5, 0.6) is 0 Å². The Kier molecular flexibility index (Phi) is 6.25. The predicted molar refractivity (Wildman–Crippen MR) is 99.2 cm³/mol. The highest BCUT2D eigenvalue weighted by Crippen LogP contribution is 2.19. The first-order valence-electron chi connectivity index (χ1n) is 9.05. The van der Waals surface area contributed by atoms with Crippen molar-refractivity contribution in [1.82, 2.24) is 10.2 Å². The lowest BCUT2D eigenvalue weighted by Gasteiger charge is -2.22. The number of para-hydroxylation sites is 1. The number of unbranched alkanes of at least 4 members (excludes halogenated alkanes) is 1. The Hall–Kier alpha value is -2.11. The van der Waals surface area contributed by atoms with Crippen LogP contribution in [0, 0.1) is 0 Å². The summed E-state index contributed by atoms with van der Waals surface area (Å²) < 4.78 is 5.65. The second-order valence-corrected chi connectivity index (χ2v) is 6.53. The van der Waals surface area contributed by atoms with E-state index in [1.165, 1.54) is 12.5 Å². The van der Waals surface area contributed by atoms with Gasteiger partial charge in [-0.1, -0.05) is 18.2 Å². The molecule has 1 aliphatic rings. The molecule has 0 spiro atoms. The van der Waals surface area contributed by atoms with Crippen molar-refractivity contribution in [2.75, 3.05) is 26.2 Å². The van der Waals surface area contributed by atoms with Gasteiger partial charge in [0, 0.05) is 24.0 Å². The summed E-state index contributed by atoms with van der Waals surface area (Å²) in [6.45, 7) is 3.00. The number of nitrogens with one attached hydrogen (secondary N) is 1. The number of hydrogen-bond acceptors (Lipinski definition) is 4. The van der Waals surface area contributed by atoms with Gasteiger partial charge in [0.2, 0.25) is 5.91 Å². The summed E-state index contributed by atoms with van der Waals surface area (Å²) in [6.07, 6.45) is 7.46. The Bertz CT molecular complexity index is 690. The summed E-state index contributed by atoms with van der Waals surface area (Å²) in [7, 11) is 0. The summed E-state index contributed by atoms with van der Waals surface area (Å²) in [5.74, 6) is 0.579. The fourth-order valence-electron chi connectivity index (χ4n) is 3.35. The van der Waals surface area contributed by atoms with Crippen molar-refractivity contribution in [3.05, 3.63) is 42.2 Å². The van der Waals surface area contributed by atoms with E-state index in [0.29, 0.717) is 18.3 Å². The number of carbonyl (C=O) groups is 1. The number of aliphatic hydroxyl groups is 1. The average molecular weight is 342 g/mol. The quantitative estimate of drug-likeness (QED) is 0.572. The Balaban J connectivity index is 1.35. The molecule has 1 aromatic carbocycles. The lowest BCUT2D eigenvalue weighted by atomic mass is 10.2. The molecule has 1 atom stereocenters. The number of rotatable bonds is 8. The molecule has 1 amide bonds. The van der Waals surface area contributed by atoms with E-state index in [-0.39, 0.29) is 12.5 Å². The normalized spacial score (nSPS) is 18.4. The van der Waals surface area contributed by atoms with Gasteiger partial charge in [-0.25, -0.2) is 0 Å². The summed E-state index contributed by atoms with van der Waals surface area (Å²) in [5, 5.41) is 13.2. The molecule has 3 rings (SSSR count). The smallest absolute Gasteiger partial charge is 0.244 e. The van der Waals surface area contributed by atoms with E-state index in [4.69, 9.17) is 4.42 Å². The van der Waals surface area contributed by atoms with Crippen molar-refractivity contribution >= 4 is 23.0 Å². The summed E-state index contributed by atoms with van der Waals surface area (Å²) >= 11 is 0. The van der Waals surface area contributed by atoms with E-state index in [2.05, 4.69) is 10.2 Å². The molecule has 25 heavy (non-hydrogen) atoms. The third-order valence-corrected chi connectivity index (χ3v) is 4.72. The van der Waals surface area contributed by atoms with Crippen LogP contribution in [-0.4, -0.2) is 48.2 Å². The molecule has 1 saturated heterocycles. The van der Waals surface area contributed by atoms with Crippen LogP contribution in [0.4, 0.5) is 0 Å². The number of aliphatic hydroxyl groups excluding tert-OH is 1. The van der Waals surface area contributed by atoms with Crippen LogP contribution in [-0.2, 0) is 4.79 Å². The third-order valence-electron chi connectivity index (χ3n) is 4.72. The predicted octanol–water partition coefficient (Wildman–Crippen LogP) is 2.80. The van der Waals surface area contributed by atoms with E-state index >= 15 is 0 Å². The van der Waals surface area contributed by atoms with Gasteiger partial charge in [0.1, 0.15) is 11.3 Å². The molecule has 0 saturated carbocycles. The average Bonchev–Trinajstić information content (AvgIpc) is 3.25. The Morgan fingerprint density at radius 1 is 1.36 bits per heavy atom. The monoisotopic (exact) mass is 342 g/mol. The van der Waals surface area contributed by atoms with Gasteiger partial charge in [-0.05, 0) is 57.0 Å². The number of fused-ring (bicyclic) bond motifs is 1. The van der Waals surface area contributed by atoms with Gasteiger partial charge in [0.15, 0.2) is 0 Å². The van der Waals surface area contributed by atoms with Crippen LogP contribution in [0.2, 0.25) is 0 Å². The molecule has 1 aliphatic heterocycles. The van der Waals surface area contributed by atoms with Crippen molar-refractivity contribution in [2.45, 2.75) is 31.7 Å². The summed E-state index contributed by atoms with van der Waals surface area (Å²) in [6, 6.07) is 10.0. The second-order valence-electron chi connectivity index (χ2n) is 6.53. The van der Waals surface area contributed by atoms with Crippen LogP contribution in [0.3, 0.4) is 0 Å². The van der Waals surface area contributed by atoms with Crippen molar-refractivity contribution < 1.29 is 14.3 Å². The number of furan rings is 1. The second kappa shape index (κ2) is 8.83. The Morgan fingerprint density at radius 3 is 3.08 bits per heavy atom. The molecular formula is C20H26N2O3. The molecular weight excluding hydrogens is 316 g/mol. The zero-order valence-electron chi connectivity index (χ0n) is 14.5. The van der Waals surface area contributed by atoms with Crippen molar-refractivity contribution in [3.8, 4) is 0 Å². The van der Waals surface area contributed by atoms with Gasteiger partial charge in [0.25, 0.3) is 0 Å². The van der Waals surface area contributed by atoms with Gasteiger partial charge in [-0.2, -0.15) is 0 Å². The largest absolute Gasteiger partial charge is 0.457 e. The minimum absolute atomic E-state index is 0.102. The number of nitrogens with zero attached hydrogens (tertiary/aromatic N) is 1. The summed E-state index contributed by atoms with van der Waals surface area (Å²) in [4.78, 5) is 14.2. The first-order valence-corrected chi connectivity index (χ1v) is 9.05. The maximum atomic E-state index is 11.9. The number of benzene rings is 1. The molecule has 2 aromatic rings. The van der Waals surface area contributed by atoms with Gasteiger partial charge in [-0.15, -0.1) is 0 Å². The van der Waals surface area contributed by atoms with Crippen LogP contribution >= 0.6 is 0 Å². The molecule has 2 N–H and O–H groups in total. The first kappa shape index (κ1) is 17.7. The van der Waals surface area contributed by atoms with Crippen molar-refractivity contribution in [1.29, 1.82) is 0 Å². The van der Waals surface area contributed by atoms with E-state index in [9.17, 15) is 9.90 Å². The van der Waals surface area contributed by atoms with Crippen LogP contribution in [0.1, 0.15) is 31.4 Å². The maximum Gasteiger partial charge on any atom is 0.244 e. The maximum absolute atomic E-state index is 11.9.